The van der Waals surface area contributed by atoms with E-state index in [0.29, 0.717) is 22.4 Å². The van der Waals surface area contributed by atoms with E-state index in [1.165, 1.54) is 6.21 Å². The lowest BCUT2D eigenvalue weighted by atomic mass is 10.1. The van der Waals surface area contributed by atoms with Gasteiger partial charge in [0.1, 0.15) is 5.75 Å². The molecule has 0 aliphatic carbocycles. The molecule has 0 heterocycles. The van der Waals surface area contributed by atoms with Gasteiger partial charge in [-0.2, -0.15) is 5.10 Å². The number of ether oxygens (including phenoxy) is 1. The van der Waals surface area contributed by atoms with E-state index in [2.05, 4.69) is 26.5 Å². The number of nitrogens with zero attached hydrogens (tertiary/aromatic N) is 1. The van der Waals surface area contributed by atoms with Crippen LogP contribution in [0.3, 0.4) is 0 Å². The Morgan fingerprint density at radius 1 is 1.00 bits per heavy atom. The second kappa shape index (κ2) is 9.30. The number of hydrogen-bond acceptors (Lipinski definition) is 4. The topological polar surface area (TPSA) is 67.8 Å². The lowest BCUT2D eigenvalue weighted by Crippen LogP contribution is -2.17. The van der Waals surface area contributed by atoms with Gasteiger partial charge in [-0.05, 0) is 55.8 Å². The standard InChI is InChI=1S/C23H19BrN2O3/c1-15-7-9-17(10-8-15)22(27)26-25-14-18-13-19(24)11-12-21(18)29-23(28)20-6-4-3-5-16(20)2/h3-14H,1-2H3,(H,26,27)/b25-14+. The van der Waals surface area contributed by atoms with Crippen LogP contribution < -0.4 is 10.2 Å². The molecule has 0 spiro atoms. The second-order valence-electron chi connectivity index (χ2n) is 6.45. The van der Waals surface area contributed by atoms with Crippen molar-refractivity contribution in [1.82, 2.24) is 5.43 Å². The highest BCUT2D eigenvalue weighted by Crippen LogP contribution is 2.23. The van der Waals surface area contributed by atoms with E-state index in [1.807, 2.05) is 38.1 Å². The molecule has 0 atom stereocenters. The molecule has 0 aliphatic rings. The summed E-state index contributed by atoms with van der Waals surface area (Å²) in [6.45, 7) is 3.80. The lowest BCUT2D eigenvalue weighted by Gasteiger charge is -2.09. The van der Waals surface area contributed by atoms with Crippen LogP contribution >= 0.6 is 15.9 Å². The lowest BCUT2D eigenvalue weighted by molar-refractivity contribution is 0.0733. The fraction of sp³-hybridized carbons (Fsp3) is 0.0870. The molecule has 1 amide bonds. The third-order valence-electron chi connectivity index (χ3n) is 4.22. The summed E-state index contributed by atoms with van der Waals surface area (Å²) in [4.78, 5) is 24.7. The van der Waals surface area contributed by atoms with E-state index in [1.54, 1.807) is 42.5 Å². The Morgan fingerprint density at radius 3 is 2.45 bits per heavy atom. The van der Waals surface area contributed by atoms with Gasteiger partial charge in [-0.25, -0.2) is 10.2 Å². The first-order valence-electron chi connectivity index (χ1n) is 8.91. The number of carbonyl (C=O) groups excluding carboxylic acids is 2. The summed E-state index contributed by atoms with van der Waals surface area (Å²) >= 11 is 3.39. The van der Waals surface area contributed by atoms with Crippen molar-refractivity contribution in [3.63, 3.8) is 0 Å². The normalized spacial score (nSPS) is 10.7. The van der Waals surface area contributed by atoms with Crippen molar-refractivity contribution in [2.45, 2.75) is 13.8 Å². The summed E-state index contributed by atoms with van der Waals surface area (Å²) < 4.78 is 6.35. The summed E-state index contributed by atoms with van der Waals surface area (Å²) in [5, 5.41) is 4.00. The van der Waals surface area contributed by atoms with Crippen LogP contribution in [0.15, 0.2) is 76.3 Å². The zero-order chi connectivity index (χ0) is 20.8. The minimum atomic E-state index is -0.455. The molecule has 6 heteroatoms. The number of halogens is 1. The van der Waals surface area contributed by atoms with Crippen molar-refractivity contribution in [1.29, 1.82) is 0 Å². The molecule has 0 saturated heterocycles. The van der Waals surface area contributed by atoms with E-state index in [4.69, 9.17) is 4.74 Å². The number of hydrogen-bond donors (Lipinski definition) is 1. The van der Waals surface area contributed by atoms with Gasteiger partial charge >= 0.3 is 5.97 Å². The summed E-state index contributed by atoms with van der Waals surface area (Å²) in [6, 6.07) is 19.6. The number of aryl methyl sites for hydroxylation is 2. The van der Waals surface area contributed by atoms with Gasteiger partial charge in [0, 0.05) is 15.6 Å². The number of amides is 1. The van der Waals surface area contributed by atoms with Crippen molar-refractivity contribution < 1.29 is 14.3 Å². The molecule has 0 unspecified atom stereocenters. The maximum Gasteiger partial charge on any atom is 0.343 e. The smallest absolute Gasteiger partial charge is 0.343 e. The van der Waals surface area contributed by atoms with Crippen LogP contribution in [0, 0.1) is 13.8 Å². The van der Waals surface area contributed by atoms with Gasteiger partial charge in [-0.15, -0.1) is 0 Å². The minimum Gasteiger partial charge on any atom is -0.422 e. The summed E-state index contributed by atoms with van der Waals surface area (Å²) in [7, 11) is 0. The molecular formula is C23H19BrN2O3. The Bertz CT molecular complexity index is 1080. The predicted octanol–water partition coefficient (Wildman–Crippen LogP) is 5.05. The zero-order valence-electron chi connectivity index (χ0n) is 16.0. The van der Waals surface area contributed by atoms with Crippen molar-refractivity contribution in [2.75, 3.05) is 0 Å². The number of rotatable bonds is 5. The molecule has 0 aliphatic heterocycles. The third kappa shape index (κ3) is 5.39. The van der Waals surface area contributed by atoms with Crippen LogP contribution in [0.5, 0.6) is 5.75 Å². The van der Waals surface area contributed by atoms with E-state index in [9.17, 15) is 9.59 Å². The van der Waals surface area contributed by atoms with Gasteiger partial charge in [-0.1, -0.05) is 51.8 Å². The molecular weight excluding hydrogens is 432 g/mol. The number of nitrogens with one attached hydrogen (secondary N) is 1. The highest BCUT2D eigenvalue weighted by Gasteiger charge is 2.13. The number of hydrazone groups is 1. The largest absolute Gasteiger partial charge is 0.422 e. The van der Waals surface area contributed by atoms with Crippen LogP contribution in [0.4, 0.5) is 0 Å². The molecule has 29 heavy (non-hydrogen) atoms. The Kier molecular flexibility index (Phi) is 6.57. The van der Waals surface area contributed by atoms with Crippen LogP contribution in [0.25, 0.3) is 0 Å². The van der Waals surface area contributed by atoms with Gasteiger partial charge in [-0.3, -0.25) is 4.79 Å². The molecule has 5 nitrogen and oxygen atoms in total. The van der Waals surface area contributed by atoms with Gasteiger partial charge in [0.15, 0.2) is 0 Å². The first-order valence-corrected chi connectivity index (χ1v) is 9.71. The third-order valence-corrected chi connectivity index (χ3v) is 4.72. The van der Waals surface area contributed by atoms with Crippen LogP contribution in [0.1, 0.15) is 37.4 Å². The van der Waals surface area contributed by atoms with E-state index in [-0.39, 0.29) is 5.91 Å². The molecule has 146 valence electrons. The van der Waals surface area contributed by atoms with E-state index < -0.39 is 5.97 Å². The van der Waals surface area contributed by atoms with Gasteiger partial charge < -0.3 is 4.74 Å². The molecule has 0 saturated carbocycles. The van der Waals surface area contributed by atoms with Crippen LogP contribution in [0.2, 0.25) is 0 Å². The molecule has 3 aromatic carbocycles. The average Bonchev–Trinajstić information content (AvgIpc) is 2.70. The maximum absolute atomic E-state index is 12.5. The van der Waals surface area contributed by atoms with Crippen LogP contribution in [-0.4, -0.2) is 18.1 Å². The summed E-state index contributed by atoms with van der Waals surface area (Å²) in [6.07, 6.45) is 1.44. The molecule has 0 radical (unpaired) electrons. The first-order chi connectivity index (χ1) is 13.9. The number of carbonyl (C=O) groups is 2. The molecule has 3 aromatic rings. The highest BCUT2D eigenvalue weighted by atomic mass is 79.9. The van der Waals surface area contributed by atoms with Gasteiger partial charge in [0.2, 0.25) is 0 Å². The van der Waals surface area contributed by atoms with Crippen molar-refractivity contribution in [3.05, 3.63) is 99.0 Å². The first kappa shape index (κ1) is 20.5. The zero-order valence-corrected chi connectivity index (χ0v) is 17.6. The van der Waals surface area contributed by atoms with E-state index in [0.717, 1.165) is 15.6 Å². The Morgan fingerprint density at radius 2 is 1.72 bits per heavy atom. The number of esters is 1. The fourth-order valence-corrected chi connectivity index (χ4v) is 2.98. The molecule has 1 N–H and O–H groups in total. The van der Waals surface area contributed by atoms with Crippen molar-refractivity contribution in [2.24, 2.45) is 5.10 Å². The van der Waals surface area contributed by atoms with Crippen LogP contribution in [-0.2, 0) is 0 Å². The summed E-state index contributed by atoms with van der Waals surface area (Å²) in [5.74, 6) is -0.437. The maximum atomic E-state index is 12.5. The Hall–Kier alpha value is -3.25. The van der Waals surface area contributed by atoms with Crippen molar-refractivity contribution >= 4 is 34.0 Å². The summed E-state index contributed by atoms with van der Waals surface area (Å²) in [5.41, 5.74) is 5.93. The predicted molar refractivity (Wildman–Crippen MR) is 117 cm³/mol. The quantitative estimate of drug-likeness (QED) is 0.256. The average molecular weight is 451 g/mol. The Labute approximate surface area is 177 Å². The Balaban J connectivity index is 1.75. The molecule has 0 fully saturated rings. The molecule has 0 aromatic heterocycles. The van der Waals surface area contributed by atoms with Gasteiger partial charge in [0.05, 0.1) is 11.8 Å². The SMILES string of the molecule is Cc1ccc(C(=O)N/N=C/c2cc(Br)ccc2OC(=O)c2ccccc2C)cc1. The number of benzene rings is 3. The highest BCUT2D eigenvalue weighted by molar-refractivity contribution is 9.10. The fourth-order valence-electron chi connectivity index (χ4n) is 2.60. The van der Waals surface area contributed by atoms with Crippen molar-refractivity contribution in [3.8, 4) is 5.75 Å². The second-order valence-corrected chi connectivity index (χ2v) is 7.37. The van der Waals surface area contributed by atoms with Gasteiger partial charge in [0.25, 0.3) is 5.91 Å². The van der Waals surface area contributed by atoms with E-state index >= 15 is 0 Å². The minimum absolute atomic E-state index is 0.324. The monoisotopic (exact) mass is 450 g/mol. The molecule has 3 rings (SSSR count). The molecule has 0 bridgehead atoms.